The van der Waals surface area contributed by atoms with Gasteiger partial charge in [-0.15, -0.1) is 0 Å². The number of benzene rings is 2. The number of rotatable bonds is 5. The fourth-order valence-electron chi connectivity index (χ4n) is 2.65. The molecule has 2 aromatic carbocycles. The van der Waals surface area contributed by atoms with Gasteiger partial charge in [0.25, 0.3) is 5.91 Å². The highest BCUT2D eigenvalue weighted by atomic mass is 35.5. The molecule has 0 aliphatic carbocycles. The first-order valence-corrected chi connectivity index (χ1v) is 11.4. The molecule has 0 radical (unpaired) electrons. The van der Waals surface area contributed by atoms with Crippen molar-refractivity contribution in [1.29, 1.82) is 0 Å². The van der Waals surface area contributed by atoms with E-state index >= 15 is 0 Å². The average molecular weight is 438 g/mol. The Morgan fingerprint density at radius 2 is 1.93 bits per heavy atom. The molecular formula is C19H20ClN3O3S2. The number of carbonyl (C=O) groups excluding carboxylic acids is 1. The lowest BCUT2D eigenvalue weighted by atomic mass is 10.2. The number of hydrogen-bond donors (Lipinski definition) is 0. The van der Waals surface area contributed by atoms with Gasteiger partial charge < -0.3 is 0 Å². The number of amidine groups is 1. The van der Waals surface area contributed by atoms with Gasteiger partial charge in [-0.1, -0.05) is 35.5 Å². The Kier molecular flexibility index (Phi) is 6.44. The van der Waals surface area contributed by atoms with E-state index in [1.807, 2.05) is 24.3 Å². The molecular weight excluding hydrogens is 418 g/mol. The third kappa shape index (κ3) is 4.57. The van der Waals surface area contributed by atoms with E-state index in [1.165, 1.54) is 50.1 Å². The zero-order valence-electron chi connectivity index (χ0n) is 15.5. The van der Waals surface area contributed by atoms with Gasteiger partial charge in [-0.2, -0.15) is 0 Å². The Hall–Kier alpha value is -1.87. The average Bonchev–Trinajstić information content (AvgIpc) is 3.14. The van der Waals surface area contributed by atoms with Crippen molar-refractivity contribution in [1.82, 2.24) is 9.21 Å². The van der Waals surface area contributed by atoms with Crippen molar-refractivity contribution in [3.05, 3.63) is 64.7 Å². The molecule has 3 rings (SSSR count). The van der Waals surface area contributed by atoms with Crippen LogP contribution in [0.2, 0.25) is 5.02 Å². The quantitative estimate of drug-likeness (QED) is 0.719. The van der Waals surface area contributed by atoms with Crippen LogP contribution in [0.15, 0.2) is 58.4 Å². The van der Waals surface area contributed by atoms with Crippen LogP contribution in [0.25, 0.3) is 0 Å². The summed E-state index contributed by atoms with van der Waals surface area (Å²) in [4.78, 5) is 19.1. The van der Waals surface area contributed by atoms with E-state index in [0.29, 0.717) is 34.6 Å². The lowest BCUT2D eigenvalue weighted by Crippen LogP contribution is -2.32. The van der Waals surface area contributed by atoms with Crippen LogP contribution in [0.3, 0.4) is 0 Å². The maximum Gasteiger partial charge on any atom is 0.259 e. The summed E-state index contributed by atoms with van der Waals surface area (Å²) in [6.07, 6.45) is 0. The number of sulfonamides is 1. The summed E-state index contributed by atoms with van der Waals surface area (Å²) >= 11 is 7.50. The molecule has 1 aliphatic heterocycles. The van der Waals surface area contributed by atoms with E-state index in [9.17, 15) is 13.2 Å². The number of thioether (sulfide) groups is 1. The van der Waals surface area contributed by atoms with Gasteiger partial charge in [-0.25, -0.2) is 12.7 Å². The summed E-state index contributed by atoms with van der Waals surface area (Å²) in [7, 11) is -0.581. The number of aliphatic imine (C=N–C) groups is 1. The summed E-state index contributed by atoms with van der Waals surface area (Å²) in [6.45, 7) is 1.06. The van der Waals surface area contributed by atoms with Crippen LogP contribution in [0.4, 0.5) is 0 Å². The molecule has 0 saturated heterocycles. The first-order chi connectivity index (χ1) is 13.3. The van der Waals surface area contributed by atoms with E-state index in [1.54, 1.807) is 4.90 Å². The van der Waals surface area contributed by atoms with E-state index in [4.69, 9.17) is 11.6 Å². The fraction of sp³-hybridized carbons (Fsp3) is 0.263. The Bertz CT molecular complexity index is 1010. The molecule has 0 fully saturated rings. The van der Waals surface area contributed by atoms with Crippen LogP contribution in [-0.2, 0) is 15.8 Å². The normalized spacial score (nSPS) is 14.4. The Morgan fingerprint density at radius 3 is 2.57 bits per heavy atom. The van der Waals surface area contributed by atoms with Gasteiger partial charge in [-0.05, 0) is 42.0 Å². The molecule has 0 bridgehead atoms. The van der Waals surface area contributed by atoms with E-state index < -0.39 is 10.0 Å². The molecule has 1 aliphatic rings. The Morgan fingerprint density at radius 1 is 1.21 bits per heavy atom. The van der Waals surface area contributed by atoms with Gasteiger partial charge in [0.1, 0.15) is 0 Å². The van der Waals surface area contributed by atoms with Crippen molar-refractivity contribution >= 4 is 44.5 Å². The lowest BCUT2D eigenvalue weighted by Gasteiger charge is -2.18. The second-order valence-corrected chi connectivity index (χ2v) is 9.88. The Labute approximate surface area is 174 Å². The SMILES string of the molecule is CN(C)S(=O)(=O)c1ccc(C(=O)N2CCN=C2SCc2cccc(Cl)c2)cc1. The first kappa shape index (κ1) is 20.9. The molecule has 148 valence electrons. The molecule has 0 N–H and O–H groups in total. The van der Waals surface area contributed by atoms with Gasteiger partial charge in [0.15, 0.2) is 5.17 Å². The molecule has 2 aromatic rings. The van der Waals surface area contributed by atoms with Crippen LogP contribution in [0.1, 0.15) is 15.9 Å². The van der Waals surface area contributed by atoms with Crippen LogP contribution in [-0.4, -0.2) is 55.9 Å². The maximum absolute atomic E-state index is 12.9. The van der Waals surface area contributed by atoms with Gasteiger partial charge >= 0.3 is 0 Å². The summed E-state index contributed by atoms with van der Waals surface area (Å²) in [5.41, 5.74) is 1.48. The number of carbonyl (C=O) groups is 1. The second kappa shape index (κ2) is 8.65. The Balaban J connectivity index is 1.70. The summed E-state index contributed by atoms with van der Waals surface area (Å²) in [5.74, 6) is 0.465. The lowest BCUT2D eigenvalue weighted by molar-refractivity contribution is 0.0860. The van der Waals surface area contributed by atoms with Gasteiger partial charge in [0.05, 0.1) is 11.4 Å². The molecule has 0 unspecified atom stereocenters. The highest BCUT2D eigenvalue weighted by Crippen LogP contribution is 2.23. The van der Waals surface area contributed by atoms with E-state index in [-0.39, 0.29) is 10.8 Å². The number of halogens is 1. The predicted octanol–water partition coefficient (Wildman–Crippen LogP) is 3.34. The minimum atomic E-state index is -3.52. The van der Waals surface area contributed by atoms with Gasteiger partial charge in [0.2, 0.25) is 10.0 Å². The maximum atomic E-state index is 12.9. The third-order valence-corrected chi connectivity index (χ3v) is 7.33. The molecule has 9 heteroatoms. The summed E-state index contributed by atoms with van der Waals surface area (Å²) < 4.78 is 25.5. The monoisotopic (exact) mass is 437 g/mol. The fourth-order valence-corrected chi connectivity index (χ4v) is 4.75. The molecule has 1 amide bonds. The predicted molar refractivity (Wildman–Crippen MR) is 113 cm³/mol. The zero-order valence-corrected chi connectivity index (χ0v) is 17.9. The van der Waals surface area contributed by atoms with E-state index in [2.05, 4.69) is 4.99 Å². The van der Waals surface area contributed by atoms with Crippen molar-refractivity contribution in [2.75, 3.05) is 27.2 Å². The van der Waals surface area contributed by atoms with Crippen LogP contribution in [0.5, 0.6) is 0 Å². The minimum Gasteiger partial charge on any atom is -0.286 e. The molecule has 1 heterocycles. The summed E-state index contributed by atoms with van der Waals surface area (Å²) in [6, 6.07) is 13.6. The van der Waals surface area contributed by atoms with Crippen LogP contribution >= 0.6 is 23.4 Å². The molecule has 0 saturated carbocycles. The number of nitrogens with zero attached hydrogens (tertiary/aromatic N) is 3. The second-order valence-electron chi connectivity index (χ2n) is 6.35. The molecule has 0 aromatic heterocycles. The summed E-state index contributed by atoms with van der Waals surface area (Å²) in [5, 5.41) is 1.34. The van der Waals surface area contributed by atoms with Crippen molar-refractivity contribution in [3.8, 4) is 0 Å². The van der Waals surface area contributed by atoms with Gasteiger partial charge in [0, 0.05) is 37.0 Å². The van der Waals surface area contributed by atoms with Crippen LogP contribution in [0, 0.1) is 0 Å². The van der Waals surface area contributed by atoms with Crippen molar-refractivity contribution in [2.45, 2.75) is 10.6 Å². The highest BCUT2D eigenvalue weighted by Gasteiger charge is 2.26. The smallest absolute Gasteiger partial charge is 0.259 e. The van der Waals surface area contributed by atoms with Crippen molar-refractivity contribution in [3.63, 3.8) is 0 Å². The molecule has 0 atom stereocenters. The van der Waals surface area contributed by atoms with Gasteiger partial charge in [-0.3, -0.25) is 14.7 Å². The standard InChI is InChI=1S/C19H20ClN3O3S2/c1-22(2)28(25,26)17-8-6-15(7-9-17)18(24)23-11-10-21-19(23)27-13-14-4-3-5-16(20)12-14/h3-9,12H,10-11,13H2,1-2H3. The molecule has 0 spiro atoms. The highest BCUT2D eigenvalue weighted by molar-refractivity contribution is 8.13. The number of hydrogen-bond acceptors (Lipinski definition) is 5. The molecule has 6 nitrogen and oxygen atoms in total. The molecule has 28 heavy (non-hydrogen) atoms. The number of amides is 1. The van der Waals surface area contributed by atoms with Crippen molar-refractivity contribution in [2.24, 2.45) is 4.99 Å². The van der Waals surface area contributed by atoms with E-state index in [0.717, 1.165) is 9.87 Å². The van der Waals surface area contributed by atoms with Crippen molar-refractivity contribution < 1.29 is 13.2 Å². The zero-order chi connectivity index (χ0) is 20.3. The largest absolute Gasteiger partial charge is 0.286 e. The first-order valence-electron chi connectivity index (χ1n) is 8.55. The topological polar surface area (TPSA) is 70.1 Å². The minimum absolute atomic E-state index is 0.152. The third-order valence-electron chi connectivity index (χ3n) is 4.18. The van der Waals surface area contributed by atoms with Crippen LogP contribution < -0.4 is 0 Å².